The van der Waals surface area contributed by atoms with Crippen molar-refractivity contribution in [2.45, 2.75) is 6.92 Å². The minimum absolute atomic E-state index is 0.0708. The molecule has 0 saturated carbocycles. The lowest BCUT2D eigenvalue weighted by atomic mass is 10.2. The molecule has 0 bridgehead atoms. The van der Waals surface area contributed by atoms with Crippen molar-refractivity contribution >= 4 is 28.6 Å². The number of hydrogen-bond acceptors (Lipinski definition) is 4. The van der Waals surface area contributed by atoms with Crippen LogP contribution in [0.25, 0.3) is 11.0 Å². The van der Waals surface area contributed by atoms with Gasteiger partial charge in [-0.05, 0) is 42.8 Å². The summed E-state index contributed by atoms with van der Waals surface area (Å²) in [6, 6.07) is 12.0. The van der Waals surface area contributed by atoms with E-state index < -0.39 is 4.92 Å². The number of nitro groups is 1. The number of nitro benzene ring substituents is 1. The van der Waals surface area contributed by atoms with Gasteiger partial charge in [-0.3, -0.25) is 15.1 Å². The highest BCUT2D eigenvalue weighted by atomic mass is 16.6. The molecule has 0 amide bonds. The van der Waals surface area contributed by atoms with E-state index in [0.717, 1.165) is 28.1 Å². The molecule has 104 valence electrons. The predicted octanol–water partition coefficient (Wildman–Crippen LogP) is 3.53. The number of aromatic nitrogens is 2. The number of aliphatic imine (C=N–C) groups is 1. The highest BCUT2D eigenvalue weighted by Gasteiger charge is 2.03. The third-order valence-electron chi connectivity index (χ3n) is 3.05. The van der Waals surface area contributed by atoms with E-state index in [4.69, 9.17) is 0 Å². The Morgan fingerprint density at radius 1 is 1.24 bits per heavy atom. The third-order valence-corrected chi connectivity index (χ3v) is 3.05. The first-order valence-electron chi connectivity index (χ1n) is 6.37. The number of nitrogens with one attached hydrogen (secondary N) is 1. The van der Waals surface area contributed by atoms with Gasteiger partial charge in [-0.2, -0.15) is 0 Å². The summed E-state index contributed by atoms with van der Waals surface area (Å²) < 4.78 is 0. The van der Waals surface area contributed by atoms with E-state index in [-0.39, 0.29) is 5.69 Å². The molecule has 0 aliphatic heterocycles. The van der Waals surface area contributed by atoms with Crippen LogP contribution in [0.15, 0.2) is 47.5 Å². The maximum Gasteiger partial charge on any atom is 0.269 e. The van der Waals surface area contributed by atoms with Crippen molar-refractivity contribution in [2.24, 2.45) is 4.99 Å². The second kappa shape index (κ2) is 5.16. The largest absolute Gasteiger partial charge is 0.342 e. The molecule has 21 heavy (non-hydrogen) atoms. The molecular formula is C15H12N4O2. The van der Waals surface area contributed by atoms with Crippen molar-refractivity contribution in [3.05, 3.63) is 64.0 Å². The monoisotopic (exact) mass is 280 g/mol. The summed E-state index contributed by atoms with van der Waals surface area (Å²) in [7, 11) is 0. The Bertz CT molecular complexity index is 835. The van der Waals surface area contributed by atoms with Crippen LogP contribution in [0.2, 0.25) is 0 Å². The number of nitrogens with zero attached hydrogens (tertiary/aromatic N) is 3. The van der Waals surface area contributed by atoms with Gasteiger partial charge in [0.2, 0.25) is 0 Å². The first-order chi connectivity index (χ1) is 10.1. The first kappa shape index (κ1) is 13.0. The van der Waals surface area contributed by atoms with Gasteiger partial charge in [0.15, 0.2) is 0 Å². The van der Waals surface area contributed by atoms with Gasteiger partial charge < -0.3 is 4.98 Å². The number of aryl methyl sites for hydroxylation is 1. The topological polar surface area (TPSA) is 84.2 Å². The van der Waals surface area contributed by atoms with E-state index in [9.17, 15) is 10.1 Å². The number of rotatable bonds is 3. The van der Waals surface area contributed by atoms with Crippen molar-refractivity contribution in [3.63, 3.8) is 0 Å². The summed E-state index contributed by atoms with van der Waals surface area (Å²) in [5, 5.41) is 10.6. The van der Waals surface area contributed by atoms with Crippen LogP contribution in [-0.4, -0.2) is 21.1 Å². The fraction of sp³-hybridized carbons (Fsp3) is 0.0667. The van der Waals surface area contributed by atoms with Crippen LogP contribution >= 0.6 is 0 Å². The quantitative estimate of drug-likeness (QED) is 0.452. The molecule has 2 aromatic carbocycles. The van der Waals surface area contributed by atoms with Gasteiger partial charge in [0.25, 0.3) is 5.69 Å². The van der Waals surface area contributed by atoms with Gasteiger partial charge in [-0.1, -0.05) is 0 Å². The third kappa shape index (κ3) is 2.79. The summed E-state index contributed by atoms with van der Waals surface area (Å²) >= 11 is 0. The number of non-ortho nitro benzene ring substituents is 1. The van der Waals surface area contributed by atoms with Gasteiger partial charge in [0.05, 0.1) is 21.6 Å². The Morgan fingerprint density at radius 2 is 2.00 bits per heavy atom. The Morgan fingerprint density at radius 3 is 2.71 bits per heavy atom. The molecule has 3 rings (SSSR count). The number of hydrogen-bond donors (Lipinski definition) is 1. The second-order valence-corrected chi connectivity index (χ2v) is 4.63. The molecule has 0 atom stereocenters. The van der Waals surface area contributed by atoms with E-state index in [2.05, 4.69) is 15.0 Å². The molecule has 0 radical (unpaired) electrons. The lowest BCUT2D eigenvalue weighted by Crippen LogP contribution is -1.88. The molecule has 0 spiro atoms. The molecule has 0 unspecified atom stereocenters. The van der Waals surface area contributed by atoms with E-state index in [0.29, 0.717) is 0 Å². The van der Waals surface area contributed by atoms with Crippen LogP contribution in [0.3, 0.4) is 0 Å². The molecule has 0 saturated heterocycles. The van der Waals surface area contributed by atoms with E-state index in [1.807, 2.05) is 25.1 Å². The minimum Gasteiger partial charge on any atom is -0.342 e. The van der Waals surface area contributed by atoms with Crippen molar-refractivity contribution in [1.29, 1.82) is 0 Å². The van der Waals surface area contributed by atoms with E-state index in [1.165, 1.54) is 12.1 Å². The molecule has 0 fully saturated rings. The Labute approximate surface area is 120 Å². The molecule has 1 heterocycles. The number of fused-ring (bicyclic) bond motifs is 1. The fourth-order valence-electron chi connectivity index (χ4n) is 2.04. The SMILES string of the molecule is Cc1nc2ccc(N=Cc3ccc([N+](=O)[O-])cc3)cc2[nH]1. The standard InChI is InChI=1S/C15H12N4O2/c1-10-17-14-7-4-12(8-15(14)18-10)16-9-11-2-5-13(6-3-11)19(20)21/h2-9H,1H3,(H,17,18). The summed E-state index contributed by atoms with van der Waals surface area (Å²) in [6.07, 6.45) is 1.67. The molecular weight excluding hydrogens is 268 g/mol. The summed E-state index contributed by atoms with van der Waals surface area (Å²) in [5.41, 5.74) is 3.51. The zero-order valence-corrected chi connectivity index (χ0v) is 11.3. The minimum atomic E-state index is -0.421. The fourth-order valence-corrected chi connectivity index (χ4v) is 2.04. The zero-order chi connectivity index (χ0) is 14.8. The zero-order valence-electron chi connectivity index (χ0n) is 11.3. The molecule has 1 N–H and O–H groups in total. The molecule has 6 nitrogen and oxygen atoms in total. The summed E-state index contributed by atoms with van der Waals surface area (Å²) in [6.45, 7) is 1.90. The van der Waals surface area contributed by atoms with E-state index >= 15 is 0 Å². The van der Waals surface area contributed by atoms with Crippen LogP contribution in [-0.2, 0) is 0 Å². The molecule has 1 aromatic heterocycles. The number of aromatic amines is 1. The van der Waals surface area contributed by atoms with Gasteiger partial charge in [-0.15, -0.1) is 0 Å². The normalized spacial score (nSPS) is 11.3. The second-order valence-electron chi connectivity index (χ2n) is 4.63. The lowest BCUT2D eigenvalue weighted by molar-refractivity contribution is -0.384. The van der Waals surface area contributed by atoms with Crippen LogP contribution in [0.5, 0.6) is 0 Å². The number of benzene rings is 2. The highest BCUT2D eigenvalue weighted by molar-refractivity contribution is 5.84. The summed E-state index contributed by atoms with van der Waals surface area (Å²) in [5.74, 6) is 0.862. The number of H-pyrrole nitrogens is 1. The van der Waals surface area contributed by atoms with Gasteiger partial charge in [0.1, 0.15) is 5.82 Å². The average molecular weight is 280 g/mol. The van der Waals surface area contributed by atoms with Crippen LogP contribution in [0.4, 0.5) is 11.4 Å². The molecule has 0 aliphatic rings. The Balaban J connectivity index is 1.84. The highest BCUT2D eigenvalue weighted by Crippen LogP contribution is 2.19. The first-order valence-corrected chi connectivity index (χ1v) is 6.37. The predicted molar refractivity (Wildman–Crippen MR) is 81.2 cm³/mol. The van der Waals surface area contributed by atoms with Crippen LogP contribution in [0.1, 0.15) is 11.4 Å². The van der Waals surface area contributed by atoms with E-state index in [1.54, 1.807) is 18.3 Å². The van der Waals surface area contributed by atoms with Crippen LogP contribution < -0.4 is 0 Å². The van der Waals surface area contributed by atoms with Crippen molar-refractivity contribution in [2.75, 3.05) is 0 Å². The maximum absolute atomic E-state index is 10.6. The van der Waals surface area contributed by atoms with Crippen molar-refractivity contribution in [3.8, 4) is 0 Å². The van der Waals surface area contributed by atoms with Crippen molar-refractivity contribution < 1.29 is 4.92 Å². The Kier molecular flexibility index (Phi) is 3.19. The summed E-state index contributed by atoms with van der Waals surface area (Å²) in [4.78, 5) is 22.0. The van der Waals surface area contributed by atoms with Gasteiger partial charge in [0, 0.05) is 18.3 Å². The van der Waals surface area contributed by atoms with Gasteiger partial charge in [-0.25, -0.2) is 4.98 Å². The molecule has 6 heteroatoms. The smallest absolute Gasteiger partial charge is 0.269 e. The average Bonchev–Trinajstić information content (AvgIpc) is 2.84. The Hall–Kier alpha value is -3.02. The van der Waals surface area contributed by atoms with Crippen LogP contribution in [0, 0.1) is 17.0 Å². The number of imidazole rings is 1. The lowest BCUT2D eigenvalue weighted by Gasteiger charge is -1.95. The molecule has 3 aromatic rings. The maximum atomic E-state index is 10.6. The van der Waals surface area contributed by atoms with Crippen molar-refractivity contribution in [1.82, 2.24) is 9.97 Å². The molecule has 0 aliphatic carbocycles. The van der Waals surface area contributed by atoms with Gasteiger partial charge >= 0.3 is 0 Å².